The monoisotopic (exact) mass is 304 g/mol. The Kier molecular flexibility index (Phi) is 4.25. The van der Waals surface area contributed by atoms with Crippen molar-refractivity contribution in [3.8, 4) is 11.5 Å². The Hall–Kier alpha value is -1.75. The number of anilines is 1. The summed E-state index contributed by atoms with van der Waals surface area (Å²) in [6.07, 6.45) is 4.49. The van der Waals surface area contributed by atoms with E-state index in [-0.39, 0.29) is 11.3 Å². The van der Waals surface area contributed by atoms with Crippen LogP contribution in [0.2, 0.25) is 0 Å². The van der Waals surface area contributed by atoms with Crippen molar-refractivity contribution in [1.29, 1.82) is 0 Å². The summed E-state index contributed by atoms with van der Waals surface area (Å²) >= 11 is 0. The van der Waals surface area contributed by atoms with E-state index in [9.17, 15) is 4.79 Å². The fourth-order valence-corrected chi connectivity index (χ4v) is 3.86. The number of hydrogen-bond donors (Lipinski definition) is 2. The van der Waals surface area contributed by atoms with Gasteiger partial charge < -0.3 is 20.1 Å². The van der Waals surface area contributed by atoms with E-state index in [1.54, 1.807) is 14.2 Å². The highest BCUT2D eigenvalue weighted by Gasteiger charge is 2.49. The predicted octanol–water partition coefficient (Wildman–Crippen LogP) is 2.42. The molecule has 0 spiro atoms. The Morgan fingerprint density at radius 1 is 1.27 bits per heavy atom. The molecule has 1 aromatic rings. The van der Waals surface area contributed by atoms with Crippen LogP contribution in [0.4, 0.5) is 5.69 Å². The maximum absolute atomic E-state index is 12.9. The molecule has 2 N–H and O–H groups in total. The van der Waals surface area contributed by atoms with E-state index in [1.165, 1.54) is 6.42 Å². The van der Waals surface area contributed by atoms with Crippen molar-refractivity contribution in [1.82, 2.24) is 5.32 Å². The molecule has 1 saturated heterocycles. The summed E-state index contributed by atoms with van der Waals surface area (Å²) in [5, 5.41) is 6.49. The second-order valence-electron chi connectivity index (χ2n) is 6.25. The molecule has 1 aliphatic heterocycles. The van der Waals surface area contributed by atoms with Crippen molar-refractivity contribution in [3.63, 3.8) is 0 Å². The highest BCUT2D eigenvalue weighted by atomic mass is 16.5. The van der Waals surface area contributed by atoms with Gasteiger partial charge in [0.25, 0.3) is 0 Å². The third-order valence-corrected chi connectivity index (χ3v) is 5.13. The van der Waals surface area contributed by atoms with Crippen LogP contribution in [-0.4, -0.2) is 33.2 Å². The number of rotatable bonds is 4. The zero-order chi connectivity index (χ0) is 15.6. The molecule has 120 valence electrons. The molecule has 2 atom stereocenters. The lowest BCUT2D eigenvalue weighted by Crippen LogP contribution is -2.44. The molecule has 1 saturated carbocycles. The van der Waals surface area contributed by atoms with Gasteiger partial charge in [-0.1, -0.05) is 12.8 Å². The molecular formula is C17H24N2O3. The first kappa shape index (κ1) is 15.2. The molecule has 1 aliphatic carbocycles. The van der Waals surface area contributed by atoms with Gasteiger partial charge in [0.05, 0.1) is 19.6 Å². The van der Waals surface area contributed by atoms with Crippen molar-refractivity contribution < 1.29 is 14.3 Å². The van der Waals surface area contributed by atoms with Crippen molar-refractivity contribution in [2.45, 2.75) is 25.7 Å². The van der Waals surface area contributed by atoms with E-state index in [4.69, 9.17) is 9.47 Å². The lowest BCUT2D eigenvalue weighted by molar-refractivity contribution is -0.128. The smallest absolute Gasteiger partial charge is 0.232 e. The fraction of sp³-hybridized carbons (Fsp3) is 0.588. The molecule has 22 heavy (non-hydrogen) atoms. The maximum atomic E-state index is 12.9. The fourth-order valence-electron chi connectivity index (χ4n) is 3.86. The number of nitrogens with one attached hydrogen (secondary N) is 2. The zero-order valence-corrected chi connectivity index (χ0v) is 13.3. The van der Waals surface area contributed by atoms with Crippen molar-refractivity contribution >= 4 is 11.6 Å². The van der Waals surface area contributed by atoms with Gasteiger partial charge in [0.15, 0.2) is 11.5 Å². The predicted molar refractivity (Wildman–Crippen MR) is 85.4 cm³/mol. The van der Waals surface area contributed by atoms with Crippen LogP contribution >= 0.6 is 0 Å². The second kappa shape index (κ2) is 6.16. The summed E-state index contributed by atoms with van der Waals surface area (Å²) in [5.74, 6) is 1.88. The molecule has 1 amide bonds. The third kappa shape index (κ3) is 2.54. The Labute approximate surface area is 131 Å². The lowest BCUT2D eigenvalue weighted by atomic mass is 9.67. The van der Waals surface area contributed by atoms with Crippen LogP contribution in [0.5, 0.6) is 11.5 Å². The molecule has 1 aromatic carbocycles. The number of carbonyl (C=O) groups is 1. The number of hydrogen-bond acceptors (Lipinski definition) is 4. The van der Waals surface area contributed by atoms with Crippen LogP contribution < -0.4 is 20.1 Å². The SMILES string of the molecule is COc1ccc(NC(=O)[C@@]23CCCC[C@H]2CNC3)cc1OC. The molecule has 2 fully saturated rings. The summed E-state index contributed by atoms with van der Waals surface area (Å²) in [5.41, 5.74) is 0.513. The summed E-state index contributed by atoms with van der Waals surface area (Å²) in [4.78, 5) is 12.9. The molecule has 3 rings (SSSR count). The first-order valence-corrected chi connectivity index (χ1v) is 7.94. The van der Waals surface area contributed by atoms with Gasteiger partial charge in [0.1, 0.15) is 0 Å². The molecule has 2 aliphatic rings. The van der Waals surface area contributed by atoms with Gasteiger partial charge in [-0.3, -0.25) is 4.79 Å². The van der Waals surface area contributed by atoms with E-state index < -0.39 is 0 Å². The normalized spacial score (nSPS) is 27.1. The van der Waals surface area contributed by atoms with Gasteiger partial charge in [0, 0.05) is 18.3 Å². The average molecular weight is 304 g/mol. The molecule has 0 aromatic heterocycles. The number of methoxy groups -OCH3 is 2. The lowest BCUT2D eigenvalue weighted by Gasteiger charge is -2.37. The van der Waals surface area contributed by atoms with Gasteiger partial charge in [-0.05, 0) is 37.4 Å². The van der Waals surface area contributed by atoms with Crippen LogP contribution in [0.25, 0.3) is 0 Å². The molecule has 1 heterocycles. The van der Waals surface area contributed by atoms with Gasteiger partial charge in [-0.15, -0.1) is 0 Å². The Bertz CT molecular complexity index is 561. The van der Waals surface area contributed by atoms with Crippen LogP contribution in [0, 0.1) is 11.3 Å². The first-order valence-electron chi connectivity index (χ1n) is 7.94. The standard InChI is InChI=1S/C17H24N2O3/c1-21-14-7-6-13(9-15(14)22-2)19-16(20)17-8-4-3-5-12(17)10-18-11-17/h6-7,9,12,18H,3-5,8,10-11H2,1-2H3,(H,19,20)/t12-,17+/m0/s1. The molecule has 5 nitrogen and oxygen atoms in total. The van der Waals surface area contributed by atoms with Crippen LogP contribution in [-0.2, 0) is 4.79 Å². The van der Waals surface area contributed by atoms with Gasteiger partial charge in [-0.25, -0.2) is 0 Å². The number of amides is 1. The van der Waals surface area contributed by atoms with E-state index in [0.717, 1.165) is 38.0 Å². The van der Waals surface area contributed by atoms with Gasteiger partial charge in [0.2, 0.25) is 5.91 Å². The first-order chi connectivity index (χ1) is 10.7. The maximum Gasteiger partial charge on any atom is 0.232 e. The van der Waals surface area contributed by atoms with Gasteiger partial charge >= 0.3 is 0 Å². The number of benzene rings is 1. The summed E-state index contributed by atoms with van der Waals surface area (Å²) in [6, 6.07) is 5.49. The van der Waals surface area contributed by atoms with Gasteiger partial charge in [-0.2, -0.15) is 0 Å². The Morgan fingerprint density at radius 2 is 2.09 bits per heavy atom. The summed E-state index contributed by atoms with van der Waals surface area (Å²) in [7, 11) is 3.20. The highest BCUT2D eigenvalue weighted by molar-refractivity contribution is 5.96. The Balaban J connectivity index is 1.79. The zero-order valence-electron chi connectivity index (χ0n) is 13.3. The Morgan fingerprint density at radius 3 is 2.86 bits per heavy atom. The summed E-state index contributed by atoms with van der Waals surface area (Å²) < 4.78 is 10.5. The molecule has 0 unspecified atom stereocenters. The van der Waals surface area contributed by atoms with Crippen molar-refractivity contribution in [2.24, 2.45) is 11.3 Å². The van der Waals surface area contributed by atoms with Crippen LogP contribution in [0.15, 0.2) is 18.2 Å². The topological polar surface area (TPSA) is 59.6 Å². The molecular weight excluding hydrogens is 280 g/mol. The number of fused-ring (bicyclic) bond motifs is 1. The van der Waals surface area contributed by atoms with Crippen LogP contribution in [0.1, 0.15) is 25.7 Å². The minimum Gasteiger partial charge on any atom is -0.493 e. The van der Waals surface area contributed by atoms with Crippen molar-refractivity contribution in [3.05, 3.63) is 18.2 Å². The molecule has 5 heteroatoms. The summed E-state index contributed by atoms with van der Waals surface area (Å²) in [6.45, 7) is 1.75. The number of ether oxygens (including phenoxy) is 2. The molecule has 0 radical (unpaired) electrons. The minimum atomic E-state index is -0.245. The largest absolute Gasteiger partial charge is 0.493 e. The van der Waals surface area contributed by atoms with Crippen LogP contribution in [0.3, 0.4) is 0 Å². The van der Waals surface area contributed by atoms with E-state index >= 15 is 0 Å². The minimum absolute atomic E-state index is 0.134. The van der Waals surface area contributed by atoms with E-state index in [1.807, 2.05) is 18.2 Å². The highest BCUT2D eigenvalue weighted by Crippen LogP contribution is 2.44. The van der Waals surface area contributed by atoms with Crippen molar-refractivity contribution in [2.75, 3.05) is 32.6 Å². The van der Waals surface area contributed by atoms with E-state index in [0.29, 0.717) is 17.4 Å². The third-order valence-electron chi connectivity index (χ3n) is 5.13. The average Bonchev–Trinajstić information content (AvgIpc) is 3.00. The molecule has 0 bridgehead atoms. The quantitative estimate of drug-likeness (QED) is 0.897. The second-order valence-corrected chi connectivity index (χ2v) is 6.25. The van der Waals surface area contributed by atoms with E-state index in [2.05, 4.69) is 10.6 Å². The number of carbonyl (C=O) groups excluding carboxylic acids is 1.